The maximum Gasteiger partial charge on any atom is 0.289 e. The minimum atomic E-state index is -3.94. The zero-order chi connectivity index (χ0) is 15.1. The van der Waals surface area contributed by atoms with E-state index in [0.717, 1.165) is 0 Å². The quantitative estimate of drug-likeness (QED) is 0.816. The molecule has 0 aliphatic carbocycles. The summed E-state index contributed by atoms with van der Waals surface area (Å²) in [5.74, 6) is -0.966. The highest BCUT2D eigenvalue weighted by Gasteiger charge is 2.41. The highest BCUT2D eigenvalue weighted by atomic mass is 32.2. The summed E-state index contributed by atoms with van der Waals surface area (Å²) in [7, 11) is -3.94. The molecule has 0 saturated carbocycles. The van der Waals surface area contributed by atoms with Crippen molar-refractivity contribution in [1.29, 1.82) is 0 Å². The average molecular weight is 316 g/mol. The van der Waals surface area contributed by atoms with Gasteiger partial charge in [-0.05, 0) is 12.1 Å². The van der Waals surface area contributed by atoms with Gasteiger partial charge in [-0.15, -0.1) is 0 Å². The van der Waals surface area contributed by atoms with Crippen LogP contribution < -0.4 is 5.14 Å². The molecule has 1 aromatic rings. The maximum absolute atomic E-state index is 12.3. The number of hydrogen-bond donors (Lipinski definition) is 1. The third-order valence-corrected chi connectivity index (χ3v) is 4.48. The predicted octanol–water partition coefficient (Wildman–Crippen LogP) is -0.0939. The average Bonchev–Trinajstić information content (AvgIpc) is 3.08. The van der Waals surface area contributed by atoms with Crippen LogP contribution in [-0.2, 0) is 19.5 Å². The number of furan rings is 1. The van der Waals surface area contributed by atoms with Gasteiger partial charge in [0.15, 0.2) is 11.5 Å². The Balaban J connectivity index is 1.68. The third-order valence-electron chi connectivity index (χ3n) is 3.70. The fraction of sp³-hybridized carbons (Fsp3) is 0.583. The van der Waals surface area contributed by atoms with Crippen LogP contribution in [0.4, 0.5) is 0 Å². The molecule has 2 fully saturated rings. The molecule has 2 N–H and O–H groups in total. The molecule has 2 aliphatic rings. The normalized spacial score (nSPS) is 21.9. The van der Waals surface area contributed by atoms with Crippen molar-refractivity contribution in [1.82, 2.24) is 4.90 Å². The summed E-state index contributed by atoms with van der Waals surface area (Å²) >= 11 is 0. The summed E-state index contributed by atoms with van der Waals surface area (Å²) in [5, 5.41) is 4.53. The van der Waals surface area contributed by atoms with Crippen LogP contribution in [0.1, 0.15) is 23.4 Å². The molecule has 2 saturated heterocycles. The van der Waals surface area contributed by atoms with Gasteiger partial charge in [-0.2, -0.15) is 0 Å². The molecule has 0 radical (unpaired) electrons. The molecule has 21 heavy (non-hydrogen) atoms. The van der Waals surface area contributed by atoms with Gasteiger partial charge < -0.3 is 18.8 Å². The van der Waals surface area contributed by atoms with Crippen molar-refractivity contribution in [3.63, 3.8) is 0 Å². The molecule has 3 rings (SSSR count). The second-order valence-electron chi connectivity index (χ2n) is 5.06. The highest BCUT2D eigenvalue weighted by Crippen LogP contribution is 2.31. The fourth-order valence-electron chi connectivity index (χ4n) is 2.58. The van der Waals surface area contributed by atoms with Crippen molar-refractivity contribution in [2.24, 2.45) is 5.14 Å². The molecule has 1 aromatic heterocycles. The van der Waals surface area contributed by atoms with E-state index in [0.29, 0.717) is 39.1 Å². The van der Waals surface area contributed by atoms with Gasteiger partial charge >= 0.3 is 0 Å². The van der Waals surface area contributed by atoms with E-state index in [1.165, 1.54) is 12.1 Å². The maximum atomic E-state index is 12.3. The third kappa shape index (κ3) is 2.82. The minimum absolute atomic E-state index is 0.0387. The molecule has 1 spiro atoms. The van der Waals surface area contributed by atoms with Crippen molar-refractivity contribution in [3.05, 3.63) is 17.9 Å². The summed E-state index contributed by atoms with van der Waals surface area (Å²) in [6, 6.07) is 2.49. The monoisotopic (exact) mass is 316 g/mol. The lowest BCUT2D eigenvalue weighted by atomic mass is 10.0. The highest BCUT2D eigenvalue weighted by molar-refractivity contribution is 7.89. The van der Waals surface area contributed by atoms with Crippen LogP contribution in [-0.4, -0.2) is 51.3 Å². The summed E-state index contributed by atoms with van der Waals surface area (Å²) in [4.78, 5) is 13.8. The van der Waals surface area contributed by atoms with Crippen molar-refractivity contribution in [2.75, 3.05) is 26.3 Å². The SMILES string of the molecule is NS(=O)(=O)c1ccc(C(=O)N2CCC3(CC2)OCCO3)o1. The number of nitrogens with two attached hydrogens (primary N) is 1. The van der Waals surface area contributed by atoms with Gasteiger partial charge in [0, 0.05) is 25.9 Å². The Kier molecular flexibility index (Phi) is 3.52. The lowest BCUT2D eigenvalue weighted by Gasteiger charge is -2.37. The van der Waals surface area contributed by atoms with E-state index < -0.39 is 20.9 Å². The minimum Gasteiger partial charge on any atom is -0.438 e. The Morgan fingerprint density at radius 2 is 1.81 bits per heavy atom. The number of hydrogen-bond acceptors (Lipinski definition) is 6. The van der Waals surface area contributed by atoms with Gasteiger partial charge in [-0.1, -0.05) is 0 Å². The van der Waals surface area contributed by atoms with Crippen LogP contribution >= 0.6 is 0 Å². The van der Waals surface area contributed by atoms with E-state index in [-0.39, 0.29) is 11.7 Å². The molecular weight excluding hydrogens is 300 g/mol. The molecule has 9 heteroatoms. The molecule has 0 bridgehead atoms. The standard InChI is InChI=1S/C12H16N2O6S/c13-21(16,17)10-2-1-9(20-10)11(15)14-5-3-12(4-6-14)18-7-8-19-12/h1-2H,3-8H2,(H2,13,16,17). The van der Waals surface area contributed by atoms with Gasteiger partial charge in [0.1, 0.15) is 0 Å². The number of likely N-dealkylation sites (tertiary alicyclic amines) is 1. The number of carbonyl (C=O) groups is 1. The van der Waals surface area contributed by atoms with E-state index in [1.54, 1.807) is 4.90 Å². The number of carbonyl (C=O) groups excluding carboxylic acids is 1. The lowest BCUT2D eigenvalue weighted by molar-refractivity contribution is -0.181. The number of sulfonamides is 1. The predicted molar refractivity (Wildman–Crippen MR) is 69.9 cm³/mol. The van der Waals surface area contributed by atoms with E-state index >= 15 is 0 Å². The molecule has 0 atom stereocenters. The molecule has 3 heterocycles. The number of rotatable bonds is 2. The van der Waals surface area contributed by atoms with Crippen molar-refractivity contribution >= 4 is 15.9 Å². The zero-order valence-electron chi connectivity index (χ0n) is 11.3. The Bertz CT molecular complexity index is 636. The number of amides is 1. The smallest absolute Gasteiger partial charge is 0.289 e. The first-order valence-electron chi connectivity index (χ1n) is 6.59. The number of ether oxygens (including phenoxy) is 2. The summed E-state index contributed by atoms with van der Waals surface area (Å²) in [6.45, 7) is 2.07. The molecule has 0 unspecified atom stereocenters. The topological polar surface area (TPSA) is 112 Å². The molecular formula is C12H16N2O6S. The molecule has 2 aliphatic heterocycles. The van der Waals surface area contributed by atoms with Gasteiger partial charge in [0.05, 0.1) is 13.2 Å². The van der Waals surface area contributed by atoms with E-state index in [9.17, 15) is 13.2 Å². The first-order chi connectivity index (χ1) is 9.90. The van der Waals surface area contributed by atoms with Gasteiger partial charge in [-0.3, -0.25) is 4.79 Å². The lowest BCUT2D eigenvalue weighted by Crippen LogP contribution is -2.47. The summed E-state index contributed by atoms with van der Waals surface area (Å²) < 4.78 is 38.5. The second-order valence-corrected chi connectivity index (χ2v) is 6.56. The van der Waals surface area contributed by atoms with Crippen LogP contribution in [0.3, 0.4) is 0 Å². The first kappa shape index (κ1) is 14.5. The number of piperidine rings is 1. The van der Waals surface area contributed by atoms with Crippen molar-refractivity contribution < 1.29 is 27.1 Å². The fourth-order valence-corrected chi connectivity index (χ4v) is 3.04. The van der Waals surface area contributed by atoms with Gasteiger partial charge in [-0.25, -0.2) is 13.6 Å². The van der Waals surface area contributed by atoms with Gasteiger partial charge in [0.2, 0.25) is 5.09 Å². The van der Waals surface area contributed by atoms with E-state index in [2.05, 4.69) is 0 Å². The summed E-state index contributed by atoms with van der Waals surface area (Å²) in [5.41, 5.74) is 0. The van der Waals surface area contributed by atoms with Crippen LogP contribution in [0.5, 0.6) is 0 Å². The van der Waals surface area contributed by atoms with Crippen LogP contribution in [0.25, 0.3) is 0 Å². The van der Waals surface area contributed by atoms with E-state index in [1.807, 2.05) is 0 Å². The second kappa shape index (κ2) is 5.09. The van der Waals surface area contributed by atoms with Crippen LogP contribution in [0.15, 0.2) is 21.6 Å². The van der Waals surface area contributed by atoms with Gasteiger partial charge in [0.25, 0.3) is 15.9 Å². The zero-order valence-corrected chi connectivity index (χ0v) is 12.1. The molecule has 1 amide bonds. The van der Waals surface area contributed by atoms with E-state index in [4.69, 9.17) is 19.0 Å². The number of nitrogens with zero attached hydrogens (tertiary/aromatic N) is 1. The molecule has 0 aromatic carbocycles. The Morgan fingerprint density at radius 1 is 1.19 bits per heavy atom. The first-order valence-corrected chi connectivity index (χ1v) is 8.14. The molecule has 8 nitrogen and oxygen atoms in total. The Hall–Kier alpha value is -1.42. The Morgan fingerprint density at radius 3 is 2.33 bits per heavy atom. The van der Waals surface area contributed by atoms with Crippen LogP contribution in [0, 0.1) is 0 Å². The van der Waals surface area contributed by atoms with Crippen molar-refractivity contribution in [2.45, 2.75) is 23.7 Å². The largest absolute Gasteiger partial charge is 0.438 e. The van der Waals surface area contributed by atoms with Crippen LogP contribution in [0.2, 0.25) is 0 Å². The Labute approximate surface area is 121 Å². The summed E-state index contributed by atoms with van der Waals surface area (Å²) in [6.07, 6.45) is 1.17. The van der Waals surface area contributed by atoms with Crippen molar-refractivity contribution in [3.8, 4) is 0 Å². The number of primary sulfonamides is 1. The molecule has 116 valence electrons.